The summed E-state index contributed by atoms with van der Waals surface area (Å²) in [6.07, 6.45) is 14.7. The van der Waals surface area contributed by atoms with Gasteiger partial charge in [-0.15, -0.1) is 55.0 Å². The maximum Gasteiger partial charge on any atom is -0.109 e. The summed E-state index contributed by atoms with van der Waals surface area (Å²) in [6, 6.07) is 30.0. The van der Waals surface area contributed by atoms with Crippen LogP contribution in [0.4, 0.5) is 0 Å². The fourth-order valence-corrected chi connectivity index (χ4v) is 6.41. The van der Waals surface area contributed by atoms with E-state index in [1.165, 1.54) is 38.9 Å². The van der Waals surface area contributed by atoms with Crippen LogP contribution < -0.4 is 0 Å². The molecule has 0 unspecified atom stereocenters. The SMILES string of the molecule is C=Cc1c[c-]c2c(c1)-c1cc(C=C)ccc1C2.Cl.Cl.Clc1ccc([CH]=[Zr]=[CH]c2ccc(Cl)cc2)cc1.[C-]1=CC=CC1. The van der Waals surface area contributed by atoms with Crippen molar-refractivity contribution in [3.8, 4) is 11.1 Å². The van der Waals surface area contributed by atoms with Crippen LogP contribution in [-0.4, -0.2) is 7.42 Å². The van der Waals surface area contributed by atoms with Crippen LogP contribution in [0.3, 0.4) is 0 Å². The van der Waals surface area contributed by atoms with Gasteiger partial charge >= 0.3 is 123 Å². The number of fused-ring (bicyclic) bond motifs is 3. The van der Waals surface area contributed by atoms with E-state index in [0.29, 0.717) is 0 Å². The first kappa shape index (κ1) is 34.8. The molecule has 0 saturated heterocycles. The maximum atomic E-state index is 5.84. The molecule has 2 aliphatic rings. The Morgan fingerprint density at radius 2 is 1.27 bits per heavy atom. The predicted octanol–water partition coefficient (Wildman–Crippen LogP) is 10.6. The summed E-state index contributed by atoms with van der Waals surface area (Å²) in [5, 5.41) is 1.57. The molecule has 41 heavy (non-hydrogen) atoms. The van der Waals surface area contributed by atoms with E-state index in [9.17, 15) is 0 Å². The normalized spacial score (nSPS) is 11.0. The number of benzene rings is 4. The van der Waals surface area contributed by atoms with Gasteiger partial charge in [0.25, 0.3) is 0 Å². The molecule has 0 N–H and O–H groups in total. The second-order valence-electron chi connectivity index (χ2n) is 8.89. The van der Waals surface area contributed by atoms with Crippen LogP contribution in [-0.2, 0) is 28.7 Å². The van der Waals surface area contributed by atoms with Gasteiger partial charge in [-0.3, -0.25) is 6.08 Å². The van der Waals surface area contributed by atoms with Gasteiger partial charge in [-0.1, -0.05) is 42.0 Å². The van der Waals surface area contributed by atoms with Crippen LogP contribution in [0.1, 0.15) is 39.8 Å². The Morgan fingerprint density at radius 3 is 1.76 bits per heavy atom. The summed E-state index contributed by atoms with van der Waals surface area (Å²) in [6.45, 7) is 7.63. The van der Waals surface area contributed by atoms with E-state index in [-0.39, 0.29) is 24.8 Å². The summed E-state index contributed by atoms with van der Waals surface area (Å²) < 4.78 is 4.66. The molecule has 0 saturated carbocycles. The summed E-state index contributed by atoms with van der Waals surface area (Å²) in [7, 11) is 0. The number of hydrogen-bond donors (Lipinski definition) is 0. The molecule has 6 rings (SSSR count). The standard InChI is InChI=1S/C17H13.2C7H5Cl.C5H5.2ClH.Zr/c1-3-12-5-7-14-11-15-8-6-13(4-2)10-17(15)16(14)9-12;2*1-6-2-4-7(8)5-3-6;1-2-4-5-3-1;;;/h3-7,9-10H,1-2,11H2;2*1-5H;1-3H,4H2;2*1H;/q-1;;;-1;;;. The first-order chi connectivity index (χ1) is 19.1. The summed E-state index contributed by atoms with van der Waals surface area (Å²) >= 11 is 11.0. The first-order valence-corrected chi connectivity index (χ1v) is 16.2. The number of hydrogen-bond acceptors (Lipinski definition) is 0. The second kappa shape index (κ2) is 18.2. The van der Waals surface area contributed by atoms with Gasteiger partial charge in [0.1, 0.15) is 0 Å². The van der Waals surface area contributed by atoms with Gasteiger partial charge in [0.15, 0.2) is 0 Å². The van der Waals surface area contributed by atoms with Gasteiger partial charge in [0.2, 0.25) is 0 Å². The van der Waals surface area contributed by atoms with Crippen molar-refractivity contribution in [1.29, 1.82) is 0 Å². The molecule has 4 aromatic rings. The average Bonchev–Trinajstić information content (AvgIpc) is 3.67. The van der Waals surface area contributed by atoms with Gasteiger partial charge in [-0.2, -0.15) is 29.8 Å². The van der Waals surface area contributed by atoms with Gasteiger partial charge in [0.05, 0.1) is 0 Å². The van der Waals surface area contributed by atoms with Crippen LogP contribution in [0.2, 0.25) is 10.0 Å². The molecule has 0 fully saturated rings. The molecule has 5 heteroatoms. The van der Waals surface area contributed by atoms with E-state index < -0.39 is 22.3 Å². The molecule has 0 aliphatic heterocycles. The third-order valence-electron chi connectivity index (χ3n) is 6.14. The molecule has 0 heterocycles. The van der Waals surface area contributed by atoms with Gasteiger partial charge in [-0.25, -0.2) is 12.2 Å². The molecule has 4 aromatic carbocycles. The topological polar surface area (TPSA) is 0 Å². The smallest absolute Gasteiger partial charge is 0.109 e. The Hall–Kier alpha value is -2.38. The molecular formula is C36H30Cl4Zr-2. The van der Waals surface area contributed by atoms with Crippen molar-refractivity contribution >= 4 is 67.6 Å². The molecule has 0 spiro atoms. The zero-order valence-electron chi connectivity index (χ0n) is 22.4. The third kappa shape index (κ3) is 10.8. The van der Waals surface area contributed by atoms with E-state index >= 15 is 0 Å². The Labute approximate surface area is 277 Å². The van der Waals surface area contributed by atoms with E-state index in [1.54, 1.807) is 0 Å². The molecule has 0 aromatic heterocycles. The van der Waals surface area contributed by atoms with Crippen LogP contribution >= 0.6 is 48.0 Å². The predicted molar refractivity (Wildman–Crippen MR) is 183 cm³/mol. The zero-order valence-corrected chi connectivity index (χ0v) is 28.1. The van der Waals surface area contributed by atoms with Crippen LogP contribution in [0.25, 0.3) is 23.3 Å². The van der Waals surface area contributed by atoms with Gasteiger partial charge in [-0.05, 0) is 12.0 Å². The summed E-state index contributed by atoms with van der Waals surface area (Å²) in [5.41, 5.74) is 10.1. The largest absolute Gasteiger partial charge is 0.273 e. The first-order valence-electron chi connectivity index (χ1n) is 12.6. The minimum Gasteiger partial charge on any atom is -0.273 e. The van der Waals surface area contributed by atoms with Crippen molar-refractivity contribution < 1.29 is 22.3 Å². The maximum absolute atomic E-state index is 5.84. The minimum atomic E-state index is -0.623. The van der Waals surface area contributed by atoms with E-state index in [4.69, 9.17) is 23.2 Å². The van der Waals surface area contributed by atoms with Crippen molar-refractivity contribution in [2.24, 2.45) is 0 Å². The molecule has 0 nitrogen and oxygen atoms in total. The third-order valence-corrected chi connectivity index (χ3v) is 9.10. The summed E-state index contributed by atoms with van der Waals surface area (Å²) in [4.78, 5) is 0. The van der Waals surface area contributed by atoms with Gasteiger partial charge in [0, 0.05) is 0 Å². The van der Waals surface area contributed by atoms with Crippen molar-refractivity contribution in [3.05, 3.63) is 166 Å². The van der Waals surface area contributed by atoms with E-state index in [1.807, 2.05) is 54.6 Å². The molecule has 0 atom stereocenters. The second-order valence-corrected chi connectivity index (χ2v) is 12.0. The molecule has 0 amide bonds. The van der Waals surface area contributed by atoms with E-state index in [0.717, 1.165) is 28.5 Å². The molecule has 2 aliphatic carbocycles. The molecule has 0 radical (unpaired) electrons. The molecule has 0 bridgehead atoms. The zero-order chi connectivity index (χ0) is 27.5. The molecule has 208 valence electrons. The van der Waals surface area contributed by atoms with Crippen molar-refractivity contribution in [2.45, 2.75) is 12.8 Å². The Kier molecular flexibility index (Phi) is 15.5. The Balaban J connectivity index is 0.000000235. The number of halogens is 4. The van der Waals surface area contributed by atoms with Crippen LogP contribution in [0.5, 0.6) is 0 Å². The van der Waals surface area contributed by atoms with Gasteiger partial charge < -0.3 is 0 Å². The minimum absolute atomic E-state index is 0. The van der Waals surface area contributed by atoms with Crippen molar-refractivity contribution in [2.75, 3.05) is 0 Å². The van der Waals surface area contributed by atoms with E-state index in [2.05, 4.69) is 87.3 Å². The monoisotopic (exact) mass is 692 g/mol. The van der Waals surface area contributed by atoms with Crippen molar-refractivity contribution in [3.63, 3.8) is 0 Å². The van der Waals surface area contributed by atoms with Crippen LogP contribution in [0, 0.1) is 12.1 Å². The summed E-state index contributed by atoms with van der Waals surface area (Å²) in [5.74, 6) is 0. The fraction of sp³-hybridized carbons (Fsp3) is 0.0556. The number of rotatable bonds is 4. The quantitative estimate of drug-likeness (QED) is 0.164. The number of allylic oxidation sites excluding steroid dienone is 4. The molecular weight excluding hydrogens is 665 g/mol. The Bertz CT molecular complexity index is 1460. The Morgan fingerprint density at radius 1 is 0.707 bits per heavy atom. The fourth-order valence-electron chi connectivity index (χ4n) is 4.06. The average molecular weight is 696 g/mol. The van der Waals surface area contributed by atoms with Crippen molar-refractivity contribution in [1.82, 2.24) is 0 Å². The van der Waals surface area contributed by atoms with Crippen LogP contribution in [0.15, 0.2) is 110 Å².